The number of para-hydroxylation sites is 2. The molecule has 6 aromatic carbocycles. The standard InChI is InChI=1S/C60H72N2O4/c1-3-59(43-65-44-59)41-63-37-17-7-5-11-19-47-25-29-49(30-26-47)57-39-53(61-51-21-13-9-14-22-51)33-35-55(57)56-36-34-54(62-52-23-15-10-16-24-52)40-58(56)50-31-27-48(28-32-50)20-12-6-8-18-38-64-42-60(4-2)45-66-46-60/h9-10,13-16,21-36,39-40,61-62H,3-8,11-12,17-20,37-38,41-46H2,1-2H3. The average Bonchev–Trinajstić information content (AvgIpc) is 3.33. The molecule has 8 rings (SSSR count). The lowest BCUT2D eigenvalue weighted by atomic mass is 9.84. The number of rotatable bonds is 27. The molecule has 6 heteroatoms. The molecule has 0 saturated carbocycles. The number of nitrogens with one attached hydrogen (secondary N) is 2. The molecule has 2 aliphatic rings. The SMILES string of the molecule is CCC1(COCCCCCCc2ccc(-c3cc(Nc4ccccc4)ccc3-c3ccc(Nc4ccccc4)cc3-c3ccc(CCCCCCOCC4(CC)COC4)cc3)cc2)COC1. The van der Waals surface area contributed by atoms with Gasteiger partial charge in [0.1, 0.15) is 0 Å². The van der Waals surface area contributed by atoms with Crippen molar-refractivity contribution in [3.05, 3.63) is 157 Å². The van der Waals surface area contributed by atoms with Gasteiger partial charge in [-0.1, -0.05) is 137 Å². The maximum absolute atomic E-state index is 6.05. The fourth-order valence-corrected chi connectivity index (χ4v) is 9.18. The molecule has 0 aliphatic carbocycles. The highest BCUT2D eigenvalue weighted by atomic mass is 16.5. The van der Waals surface area contributed by atoms with Gasteiger partial charge in [0, 0.05) is 46.8 Å². The van der Waals surface area contributed by atoms with Crippen molar-refractivity contribution in [3.63, 3.8) is 0 Å². The summed E-state index contributed by atoms with van der Waals surface area (Å²) in [4.78, 5) is 0. The molecule has 2 N–H and O–H groups in total. The van der Waals surface area contributed by atoms with E-state index in [1.807, 2.05) is 0 Å². The second kappa shape index (κ2) is 24.0. The second-order valence-electron chi connectivity index (χ2n) is 19.0. The van der Waals surface area contributed by atoms with Gasteiger partial charge in [-0.05, 0) is 144 Å². The van der Waals surface area contributed by atoms with E-state index in [2.05, 4.69) is 170 Å². The van der Waals surface area contributed by atoms with Gasteiger partial charge in [0.15, 0.2) is 0 Å². The summed E-state index contributed by atoms with van der Waals surface area (Å²) in [5.41, 5.74) is 14.8. The van der Waals surface area contributed by atoms with E-state index in [0.29, 0.717) is 0 Å². The maximum Gasteiger partial charge on any atom is 0.0566 e. The number of hydrogen-bond donors (Lipinski definition) is 2. The Labute approximate surface area is 395 Å². The quantitative estimate of drug-likeness (QED) is 0.0503. The summed E-state index contributed by atoms with van der Waals surface area (Å²) >= 11 is 0. The largest absolute Gasteiger partial charge is 0.381 e. The Morgan fingerprint density at radius 1 is 0.409 bits per heavy atom. The van der Waals surface area contributed by atoms with Gasteiger partial charge in [-0.15, -0.1) is 0 Å². The van der Waals surface area contributed by atoms with Crippen LogP contribution in [0.15, 0.2) is 146 Å². The van der Waals surface area contributed by atoms with Crippen molar-refractivity contribution >= 4 is 22.7 Å². The van der Waals surface area contributed by atoms with Crippen LogP contribution in [-0.2, 0) is 31.8 Å². The first-order valence-corrected chi connectivity index (χ1v) is 24.9. The number of benzene rings is 6. The summed E-state index contributed by atoms with van der Waals surface area (Å²) < 4.78 is 23.0. The van der Waals surface area contributed by atoms with Crippen LogP contribution in [0.3, 0.4) is 0 Å². The van der Waals surface area contributed by atoms with Crippen LogP contribution in [-0.4, -0.2) is 52.9 Å². The first kappa shape index (κ1) is 47.3. The van der Waals surface area contributed by atoms with Gasteiger partial charge in [-0.25, -0.2) is 0 Å². The molecule has 0 unspecified atom stereocenters. The lowest BCUT2D eigenvalue weighted by Gasteiger charge is -2.40. The molecule has 0 atom stereocenters. The fourth-order valence-electron chi connectivity index (χ4n) is 9.18. The number of ether oxygens (including phenoxy) is 4. The molecule has 6 nitrogen and oxygen atoms in total. The van der Waals surface area contributed by atoms with Crippen LogP contribution in [0.5, 0.6) is 0 Å². The van der Waals surface area contributed by atoms with Crippen LogP contribution >= 0.6 is 0 Å². The summed E-state index contributed by atoms with van der Waals surface area (Å²) in [7, 11) is 0. The second-order valence-corrected chi connectivity index (χ2v) is 19.0. The van der Waals surface area contributed by atoms with Crippen LogP contribution in [0.2, 0.25) is 0 Å². The van der Waals surface area contributed by atoms with Crippen LogP contribution in [0, 0.1) is 10.8 Å². The predicted molar refractivity (Wildman–Crippen MR) is 275 cm³/mol. The lowest BCUT2D eigenvalue weighted by Crippen LogP contribution is -2.45. The van der Waals surface area contributed by atoms with E-state index in [0.717, 1.165) is 114 Å². The van der Waals surface area contributed by atoms with Gasteiger partial charge >= 0.3 is 0 Å². The maximum atomic E-state index is 6.05. The Kier molecular flexibility index (Phi) is 17.2. The van der Waals surface area contributed by atoms with Gasteiger partial charge in [-0.3, -0.25) is 0 Å². The molecule has 66 heavy (non-hydrogen) atoms. The molecule has 0 radical (unpaired) electrons. The van der Waals surface area contributed by atoms with E-state index in [4.69, 9.17) is 18.9 Å². The summed E-state index contributed by atoms with van der Waals surface area (Å²) in [5.74, 6) is 0. The van der Waals surface area contributed by atoms with E-state index in [9.17, 15) is 0 Å². The van der Waals surface area contributed by atoms with Gasteiger partial charge in [0.2, 0.25) is 0 Å². The minimum Gasteiger partial charge on any atom is -0.381 e. The Morgan fingerprint density at radius 2 is 0.803 bits per heavy atom. The van der Waals surface area contributed by atoms with Crippen molar-refractivity contribution in [2.75, 3.05) is 63.5 Å². The van der Waals surface area contributed by atoms with Crippen LogP contribution < -0.4 is 10.6 Å². The highest BCUT2D eigenvalue weighted by molar-refractivity contribution is 5.94. The monoisotopic (exact) mass is 885 g/mol. The summed E-state index contributed by atoms with van der Waals surface area (Å²) in [6, 6.07) is 53.2. The fraction of sp³-hybridized carbons (Fsp3) is 0.400. The Hall–Kier alpha value is -5.24. The first-order valence-electron chi connectivity index (χ1n) is 24.9. The molecule has 2 aliphatic heterocycles. The zero-order valence-corrected chi connectivity index (χ0v) is 39.6. The van der Waals surface area contributed by atoms with E-state index < -0.39 is 0 Å². The van der Waals surface area contributed by atoms with E-state index >= 15 is 0 Å². The van der Waals surface area contributed by atoms with E-state index in [1.165, 1.54) is 83.0 Å². The first-order chi connectivity index (χ1) is 32.5. The normalized spacial score (nSPS) is 14.9. The zero-order chi connectivity index (χ0) is 45.3. The minimum absolute atomic E-state index is 0.271. The molecular formula is C60H72N2O4. The molecule has 0 spiro atoms. The van der Waals surface area contributed by atoms with Crippen molar-refractivity contribution < 1.29 is 18.9 Å². The van der Waals surface area contributed by atoms with Gasteiger partial charge in [-0.2, -0.15) is 0 Å². The van der Waals surface area contributed by atoms with Crippen molar-refractivity contribution in [1.82, 2.24) is 0 Å². The lowest BCUT2D eigenvalue weighted by molar-refractivity contribution is -0.150. The minimum atomic E-state index is 0.271. The van der Waals surface area contributed by atoms with Crippen LogP contribution in [0.25, 0.3) is 33.4 Å². The molecule has 0 bridgehead atoms. The number of anilines is 4. The molecule has 346 valence electrons. The summed E-state index contributed by atoms with van der Waals surface area (Å²) in [6.45, 7) is 11.3. The van der Waals surface area contributed by atoms with Crippen LogP contribution in [0.1, 0.15) is 89.2 Å². The third kappa shape index (κ3) is 13.0. The summed E-state index contributed by atoms with van der Waals surface area (Å²) in [6.07, 6.45) is 13.9. The van der Waals surface area contributed by atoms with Gasteiger partial charge in [0.25, 0.3) is 0 Å². The van der Waals surface area contributed by atoms with Crippen molar-refractivity contribution in [2.24, 2.45) is 10.8 Å². The van der Waals surface area contributed by atoms with E-state index in [-0.39, 0.29) is 10.8 Å². The van der Waals surface area contributed by atoms with E-state index in [1.54, 1.807) is 0 Å². The van der Waals surface area contributed by atoms with Gasteiger partial charge < -0.3 is 29.6 Å². The van der Waals surface area contributed by atoms with Crippen molar-refractivity contribution in [1.29, 1.82) is 0 Å². The molecular weight excluding hydrogens is 813 g/mol. The Balaban J connectivity index is 0.962. The topological polar surface area (TPSA) is 61.0 Å². The molecule has 2 saturated heterocycles. The smallest absolute Gasteiger partial charge is 0.0566 e. The highest BCUT2D eigenvalue weighted by Gasteiger charge is 2.37. The average molecular weight is 885 g/mol. The molecule has 6 aromatic rings. The molecule has 2 fully saturated rings. The number of unbranched alkanes of at least 4 members (excludes halogenated alkanes) is 6. The van der Waals surface area contributed by atoms with Crippen LogP contribution in [0.4, 0.5) is 22.7 Å². The number of aryl methyl sites for hydroxylation is 2. The molecule has 2 heterocycles. The third-order valence-corrected chi connectivity index (χ3v) is 13.9. The third-order valence-electron chi connectivity index (χ3n) is 13.9. The Morgan fingerprint density at radius 3 is 1.17 bits per heavy atom. The Bertz CT molecular complexity index is 2180. The summed E-state index contributed by atoms with van der Waals surface area (Å²) in [5, 5.41) is 7.34. The van der Waals surface area contributed by atoms with Crippen molar-refractivity contribution in [2.45, 2.75) is 90.9 Å². The number of hydrogen-bond acceptors (Lipinski definition) is 6. The molecule has 0 aromatic heterocycles. The van der Waals surface area contributed by atoms with Crippen molar-refractivity contribution in [3.8, 4) is 33.4 Å². The highest BCUT2D eigenvalue weighted by Crippen LogP contribution is 2.42. The zero-order valence-electron chi connectivity index (χ0n) is 39.6. The predicted octanol–water partition coefficient (Wildman–Crippen LogP) is 15.3. The molecule has 0 amide bonds. The van der Waals surface area contributed by atoms with Gasteiger partial charge in [0.05, 0.1) is 39.6 Å².